The summed E-state index contributed by atoms with van der Waals surface area (Å²) < 4.78 is 22.6. The monoisotopic (exact) mass is 302 g/mol. The average molecular weight is 303 g/mol. The highest BCUT2D eigenvalue weighted by Gasteiger charge is 2.38. The van der Waals surface area contributed by atoms with Gasteiger partial charge in [0.05, 0.1) is 10.1 Å². The largest absolute Gasteiger partial charge is 0.229 e. The van der Waals surface area contributed by atoms with E-state index in [2.05, 4.69) is 20.8 Å². The smallest absolute Gasteiger partial charge is 0.154 e. The first kappa shape index (κ1) is 16.5. The lowest BCUT2D eigenvalue weighted by Crippen LogP contribution is -2.35. The van der Waals surface area contributed by atoms with Crippen LogP contribution < -0.4 is 0 Å². The van der Waals surface area contributed by atoms with Crippen molar-refractivity contribution in [3.8, 4) is 0 Å². The summed E-state index contributed by atoms with van der Waals surface area (Å²) in [6.45, 7) is 9.75. The number of alkyl halides is 1. The van der Waals surface area contributed by atoms with Crippen LogP contribution in [0.3, 0.4) is 0 Å². The van der Waals surface area contributed by atoms with Gasteiger partial charge in [-0.25, -0.2) is 8.42 Å². The number of benzene rings is 1. The first-order valence-electron chi connectivity index (χ1n) is 6.31. The van der Waals surface area contributed by atoms with Crippen LogP contribution in [0.2, 0.25) is 0 Å². The minimum atomic E-state index is -3.22. The van der Waals surface area contributed by atoms with Crippen LogP contribution in [0.5, 0.6) is 0 Å². The molecule has 1 unspecified atom stereocenters. The summed E-state index contributed by atoms with van der Waals surface area (Å²) in [5.41, 5.74) is 2.12. The summed E-state index contributed by atoms with van der Waals surface area (Å²) in [6.07, 6.45) is 1.23. The van der Waals surface area contributed by atoms with Crippen molar-refractivity contribution in [1.82, 2.24) is 0 Å². The van der Waals surface area contributed by atoms with E-state index in [4.69, 9.17) is 11.6 Å². The van der Waals surface area contributed by atoms with Crippen LogP contribution in [0.1, 0.15) is 51.1 Å². The summed E-state index contributed by atoms with van der Waals surface area (Å²) in [7, 11) is -3.22. The zero-order chi connectivity index (χ0) is 15.1. The second-order valence-corrected chi connectivity index (χ2v) is 9.64. The van der Waals surface area contributed by atoms with E-state index in [-0.39, 0.29) is 5.41 Å². The summed E-state index contributed by atoms with van der Waals surface area (Å²) in [6, 6.07) is 7.88. The third-order valence-corrected chi connectivity index (χ3v) is 6.71. The van der Waals surface area contributed by atoms with E-state index in [0.29, 0.717) is 0 Å². The lowest BCUT2D eigenvalue weighted by molar-refractivity contribution is 0.543. The molecule has 0 heterocycles. The number of rotatable bonds is 3. The van der Waals surface area contributed by atoms with Crippen LogP contribution in [0, 0.1) is 0 Å². The van der Waals surface area contributed by atoms with Gasteiger partial charge < -0.3 is 0 Å². The Morgan fingerprint density at radius 3 is 1.74 bits per heavy atom. The maximum atomic E-state index is 11.8. The Hall–Kier alpha value is -0.540. The van der Waals surface area contributed by atoms with Gasteiger partial charge in [0.15, 0.2) is 9.84 Å². The van der Waals surface area contributed by atoms with Gasteiger partial charge in [0.2, 0.25) is 0 Å². The molecule has 0 amide bonds. The molecule has 1 aromatic rings. The van der Waals surface area contributed by atoms with Gasteiger partial charge in [0, 0.05) is 6.26 Å². The van der Waals surface area contributed by atoms with Crippen LogP contribution >= 0.6 is 11.6 Å². The van der Waals surface area contributed by atoms with Gasteiger partial charge in [0.25, 0.3) is 0 Å². The van der Waals surface area contributed by atoms with Gasteiger partial charge in [-0.3, -0.25) is 0 Å². The highest BCUT2D eigenvalue weighted by atomic mass is 35.5. The molecule has 4 heteroatoms. The van der Waals surface area contributed by atoms with E-state index < -0.39 is 20.0 Å². The minimum absolute atomic E-state index is 0.0761. The van der Waals surface area contributed by atoms with E-state index in [1.807, 2.05) is 24.3 Å². The number of hydrogen-bond donors (Lipinski definition) is 0. The molecule has 1 aromatic carbocycles. The zero-order valence-electron chi connectivity index (χ0n) is 12.5. The molecule has 0 saturated heterocycles. The molecule has 0 aliphatic heterocycles. The van der Waals surface area contributed by atoms with Gasteiger partial charge in [0.1, 0.15) is 0 Å². The maximum absolute atomic E-state index is 11.8. The molecule has 1 atom stereocenters. The molecule has 0 aromatic heterocycles. The summed E-state index contributed by atoms with van der Waals surface area (Å²) in [4.78, 5) is 0. The third-order valence-electron chi connectivity index (χ3n) is 3.64. The van der Waals surface area contributed by atoms with E-state index >= 15 is 0 Å². The molecule has 108 valence electrons. The summed E-state index contributed by atoms with van der Waals surface area (Å²) >= 11 is 6.37. The van der Waals surface area contributed by atoms with Crippen molar-refractivity contribution in [1.29, 1.82) is 0 Å². The minimum Gasteiger partial charge on any atom is -0.229 e. The first-order valence-corrected chi connectivity index (χ1v) is 8.64. The summed E-state index contributed by atoms with van der Waals surface area (Å²) in [5.74, 6) is 0. The lowest BCUT2D eigenvalue weighted by atomic mass is 9.86. The highest BCUT2D eigenvalue weighted by molar-refractivity contribution is 7.92. The molecular weight excluding hydrogens is 280 g/mol. The van der Waals surface area contributed by atoms with Gasteiger partial charge >= 0.3 is 0 Å². The zero-order valence-corrected chi connectivity index (χ0v) is 14.1. The molecule has 2 nitrogen and oxygen atoms in total. The number of hydrogen-bond acceptors (Lipinski definition) is 2. The molecule has 0 fully saturated rings. The third kappa shape index (κ3) is 3.51. The van der Waals surface area contributed by atoms with Crippen molar-refractivity contribution < 1.29 is 8.42 Å². The molecule has 0 bridgehead atoms. The van der Waals surface area contributed by atoms with Crippen molar-refractivity contribution >= 4 is 21.4 Å². The Morgan fingerprint density at radius 2 is 1.42 bits per heavy atom. The van der Waals surface area contributed by atoms with Crippen LogP contribution in [0.15, 0.2) is 24.3 Å². The van der Waals surface area contributed by atoms with Gasteiger partial charge in [-0.2, -0.15) is 0 Å². The SMILES string of the molecule is CC(C)(C)c1ccc(C(Cl)C(C)(C)S(C)(=O)=O)cc1. The van der Waals surface area contributed by atoms with Crippen molar-refractivity contribution in [3.05, 3.63) is 35.4 Å². The Balaban J connectivity index is 3.13. The fourth-order valence-electron chi connectivity index (χ4n) is 1.74. The van der Waals surface area contributed by atoms with Gasteiger partial charge in [-0.05, 0) is 30.4 Å². The van der Waals surface area contributed by atoms with Crippen molar-refractivity contribution in [2.45, 2.75) is 50.2 Å². The van der Waals surface area contributed by atoms with Crippen molar-refractivity contribution in [3.63, 3.8) is 0 Å². The second kappa shape index (κ2) is 5.10. The fourth-order valence-corrected chi connectivity index (χ4v) is 2.88. The quantitative estimate of drug-likeness (QED) is 0.788. The molecule has 0 radical (unpaired) electrons. The molecule has 0 saturated carbocycles. The molecular formula is C15H23ClO2S. The van der Waals surface area contributed by atoms with Crippen molar-refractivity contribution in [2.75, 3.05) is 6.26 Å². The molecule has 0 aliphatic rings. The predicted molar refractivity (Wildman–Crippen MR) is 82.7 cm³/mol. The molecule has 1 rings (SSSR count). The maximum Gasteiger partial charge on any atom is 0.154 e. The van der Waals surface area contributed by atoms with Gasteiger partial charge in [-0.15, -0.1) is 11.6 Å². The Morgan fingerprint density at radius 1 is 1.00 bits per heavy atom. The molecule has 0 N–H and O–H groups in total. The Bertz CT molecular complexity index is 537. The topological polar surface area (TPSA) is 34.1 Å². The van der Waals surface area contributed by atoms with Crippen molar-refractivity contribution in [2.24, 2.45) is 0 Å². The first-order chi connectivity index (χ1) is 8.37. The van der Waals surface area contributed by atoms with E-state index in [1.165, 1.54) is 11.8 Å². The van der Waals surface area contributed by atoms with Crippen LogP contribution in [0.25, 0.3) is 0 Å². The number of halogens is 1. The van der Waals surface area contributed by atoms with Gasteiger partial charge in [-0.1, -0.05) is 45.0 Å². The standard InChI is InChI=1S/C15H23ClO2S/c1-14(2,3)12-9-7-11(8-10-12)13(16)15(4,5)19(6,17)18/h7-10,13H,1-6H3. The lowest BCUT2D eigenvalue weighted by Gasteiger charge is -2.29. The van der Waals surface area contributed by atoms with Crippen LogP contribution in [0.4, 0.5) is 0 Å². The fraction of sp³-hybridized carbons (Fsp3) is 0.600. The number of sulfone groups is 1. The van der Waals surface area contributed by atoms with E-state index in [9.17, 15) is 8.42 Å². The predicted octanol–water partition coefficient (Wildman–Crippen LogP) is 4.09. The van der Waals surface area contributed by atoms with E-state index in [1.54, 1.807) is 13.8 Å². The Labute approximate surface area is 122 Å². The van der Waals surface area contributed by atoms with Crippen LogP contribution in [-0.4, -0.2) is 19.4 Å². The highest BCUT2D eigenvalue weighted by Crippen LogP contribution is 2.38. The molecule has 0 aliphatic carbocycles. The average Bonchev–Trinajstić information content (AvgIpc) is 2.25. The second-order valence-electron chi connectivity index (χ2n) is 6.61. The van der Waals surface area contributed by atoms with Crippen LogP contribution in [-0.2, 0) is 15.3 Å². The molecule has 19 heavy (non-hydrogen) atoms. The Kier molecular flexibility index (Phi) is 4.43. The normalized spacial score (nSPS) is 15.3. The van der Waals surface area contributed by atoms with E-state index in [0.717, 1.165) is 5.56 Å². The summed E-state index contributed by atoms with van der Waals surface area (Å²) in [5, 5.41) is -0.559. The molecule has 0 spiro atoms.